The zero-order valence-electron chi connectivity index (χ0n) is 22.5. The van der Waals surface area contributed by atoms with Gasteiger partial charge in [-0.1, -0.05) is 12.1 Å². The Morgan fingerprint density at radius 2 is 1.79 bits per heavy atom. The van der Waals surface area contributed by atoms with Crippen LogP contribution in [0.4, 0.5) is 4.39 Å². The molecule has 9 nitrogen and oxygen atoms in total. The third-order valence-corrected chi connectivity index (χ3v) is 6.73. The second-order valence-electron chi connectivity index (χ2n) is 9.39. The number of halogens is 1. The highest BCUT2D eigenvalue weighted by molar-refractivity contribution is 5.92. The predicted molar refractivity (Wildman–Crippen MR) is 141 cm³/mol. The van der Waals surface area contributed by atoms with Crippen LogP contribution in [-0.4, -0.2) is 60.6 Å². The van der Waals surface area contributed by atoms with Crippen molar-refractivity contribution in [1.82, 2.24) is 14.8 Å². The lowest BCUT2D eigenvalue weighted by molar-refractivity contribution is -0.149. The van der Waals surface area contributed by atoms with Gasteiger partial charge in [-0.05, 0) is 55.7 Å². The monoisotopic (exact) mass is 539 g/mol. The number of carbonyl (C=O) groups excluding carboxylic acids is 2. The molecule has 1 aliphatic heterocycles. The van der Waals surface area contributed by atoms with Crippen LogP contribution in [0.3, 0.4) is 0 Å². The van der Waals surface area contributed by atoms with Crippen LogP contribution in [0.1, 0.15) is 47.3 Å². The van der Waals surface area contributed by atoms with E-state index in [-0.39, 0.29) is 29.3 Å². The number of methoxy groups -OCH3 is 2. The van der Waals surface area contributed by atoms with E-state index in [1.54, 1.807) is 38.2 Å². The van der Waals surface area contributed by atoms with E-state index in [1.807, 2.05) is 18.2 Å². The van der Waals surface area contributed by atoms with E-state index in [1.165, 1.54) is 18.4 Å². The van der Waals surface area contributed by atoms with Crippen LogP contribution in [0.2, 0.25) is 0 Å². The number of nitrogens with zero attached hydrogens (tertiary/aromatic N) is 3. The molecule has 10 heteroatoms. The molecule has 1 fully saturated rings. The number of rotatable bonds is 11. The summed E-state index contributed by atoms with van der Waals surface area (Å²) in [6.45, 7) is 4.29. The van der Waals surface area contributed by atoms with Crippen molar-refractivity contribution in [1.29, 1.82) is 0 Å². The highest BCUT2D eigenvalue weighted by atomic mass is 19.1. The quantitative estimate of drug-likeness (QED) is 0.330. The summed E-state index contributed by atoms with van der Waals surface area (Å²) in [4.78, 5) is 33.3. The second kappa shape index (κ2) is 13.2. The standard InChI is InChI=1S/C29H34FN3O6/c1-4-38-29(35)21-11-13-33(14-12-21)28(34)25-19-39-27(31-25)18-32(16-20-5-7-23(30)8-6-20)17-22-15-24(36-2)9-10-26(22)37-3/h5-10,15,19,21H,4,11-14,16-18H2,1-3H3. The number of likely N-dealkylation sites (tertiary alicyclic amines) is 1. The molecular formula is C29H34FN3O6. The molecular weight excluding hydrogens is 505 g/mol. The predicted octanol–water partition coefficient (Wildman–Crippen LogP) is 4.45. The number of amides is 1. The fourth-order valence-electron chi connectivity index (χ4n) is 4.68. The van der Waals surface area contributed by atoms with Crippen molar-refractivity contribution in [2.75, 3.05) is 33.9 Å². The highest BCUT2D eigenvalue weighted by Crippen LogP contribution is 2.27. The van der Waals surface area contributed by atoms with Gasteiger partial charge in [0, 0.05) is 31.7 Å². The first-order valence-electron chi connectivity index (χ1n) is 13.0. The van der Waals surface area contributed by atoms with Gasteiger partial charge in [0.25, 0.3) is 5.91 Å². The molecule has 1 aliphatic rings. The van der Waals surface area contributed by atoms with Crippen LogP contribution in [-0.2, 0) is 29.2 Å². The summed E-state index contributed by atoms with van der Waals surface area (Å²) in [5, 5.41) is 0. The molecule has 0 bridgehead atoms. The third-order valence-electron chi connectivity index (χ3n) is 6.73. The summed E-state index contributed by atoms with van der Waals surface area (Å²) >= 11 is 0. The number of hydrogen-bond acceptors (Lipinski definition) is 8. The Morgan fingerprint density at radius 1 is 1.05 bits per heavy atom. The van der Waals surface area contributed by atoms with Crippen LogP contribution >= 0.6 is 0 Å². The smallest absolute Gasteiger partial charge is 0.309 e. The minimum Gasteiger partial charge on any atom is -0.497 e. The average molecular weight is 540 g/mol. The van der Waals surface area contributed by atoms with Crippen LogP contribution < -0.4 is 9.47 Å². The molecule has 0 atom stereocenters. The van der Waals surface area contributed by atoms with Gasteiger partial charge in [0.1, 0.15) is 23.6 Å². The van der Waals surface area contributed by atoms with Gasteiger partial charge in [-0.3, -0.25) is 14.5 Å². The van der Waals surface area contributed by atoms with E-state index in [0.717, 1.165) is 11.1 Å². The van der Waals surface area contributed by atoms with Gasteiger partial charge in [0.05, 0.1) is 33.3 Å². The third kappa shape index (κ3) is 7.35. The number of aromatic nitrogens is 1. The van der Waals surface area contributed by atoms with Crippen LogP contribution in [0.25, 0.3) is 0 Å². The Balaban J connectivity index is 1.47. The molecule has 0 N–H and O–H groups in total. The lowest BCUT2D eigenvalue weighted by atomic mass is 9.97. The van der Waals surface area contributed by atoms with Crippen LogP contribution in [0.5, 0.6) is 11.5 Å². The first-order chi connectivity index (χ1) is 18.9. The summed E-state index contributed by atoms with van der Waals surface area (Å²) in [5.74, 6) is 0.855. The van der Waals surface area contributed by atoms with Gasteiger partial charge in [-0.25, -0.2) is 9.37 Å². The molecule has 0 saturated carbocycles. The summed E-state index contributed by atoms with van der Waals surface area (Å²) in [6.07, 6.45) is 2.49. The summed E-state index contributed by atoms with van der Waals surface area (Å²) < 4.78 is 35.3. The van der Waals surface area contributed by atoms with Gasteiger partial charge in [0.2, 0.25) is 5.89 Å². The van der Waals surface area contributed by atoms with Gasteiger partial charge < -0.3 is 23.5 Å². The number of ether oxygens (including phenoxy) is 3. The molecule has 1 saturated heterocycles. The maximum absolute atomic E-state index is 13.5. The SMILES string of the molecule is CCOC(=O)C1CCN(C(=O)c2coc(CN(Cc3ccc(F)cc3)Cc3cc(OC)ccc3OC)n2)CC1. The molecule has 1 amide bonds. The zero-order chi connectivity index (χ0) is 27.8. The maximum Gasteiger partial charge on any atom is 0.309 e. The van der Waals surface area contributed by atoms with Crippen molar-refractivity contribution in [3.8, 4) is 11.5 Å². The van der Waals surface area contributed by atoms with E-state index >= 15 is 0 Å². The molecule has 0 spiro atoms. The molecule has 2 aromatic carbocycles. The first-order valence-corrected chi connectivity index (χ1v) is 13.0. The van der Waals surface area contributed by atoms with E-state index in [0.29, 0.717) is 69.6 Å². The fraction of sp³-hybridized carbons (Fsp3) is 0.414. The number of oxazole rings is 1. The Morgan fingerprint density at radius 3 is 2.46 bits per heavy atom. The molecule has 2 heterocycles. The fourth-order valence-corrected chi connectivity index (χ4v) is 4.68. The molecule has 208 valence electrons. The number of hydrogen-bond donors (Lipinski definition) is 0. The first kappa shape index (κ1) is 28.1. The maximum atomic E-state index is 13.5. The van der Waals surface area contributed by atoms with Gasteiger partial charge in [-0.15, -0.1) is 0 Å². The normalized spacial score (nSPS) is 13.9. The molecule has 1 aromatic heterocycles. The van der Waals surface area contributed by atoms with E-state index < -0.39 is 0 Å². The Bertz CT molecular complexity index is 1250. The van der Waals surface area contributed by atoms with E-state index in [4.69, 9.17) is 18.6 Å². The molecule has 0 aliphatic carbocycles. The molecule has 39 heavy (non-hydrogen) atoms. The topological polar surface area (TPSA) is 94.3 Å². The number of piperidine rings is 1. The van der Waals surface area contributed by atoms with Gasteiger partial charge in [0.15, 0.2) is 5.69 Å². The summed E-state index contributed by atoms with van der Waals surface area (Å²) in [6, 6.07) is 11.9. The zero-order valence-corrected chi connectivity index (χ0v) is 22.5. The lowest BCUT2D eigenvalue weighted by Crippen LogP contribution is -2.40. The Kier molecular flexibility index (Phi) is 9.54. The van der Waals surface area contributed by atoms with Crippen LogP contribution in [0, 0.1) is 11.7 Å². The van der Waals surface area contributed by atoms with E-state index in [2.05, 4.69) is 9.88 Å². The van der Waals surface area contributed by atoms with Gasteiger partial charge in [-0.2, -0.15) is 0 Å². The summed E-state index contributed by atoms with van der Waals surface area (Å²) in [7, 11) is 3.21. The van der Waals surface area contributed by atoms with Crippen molar-refractivity contribution in [2.45, 2.75) is 39.4 Å². The van der Waals surface area contributed by atoms with E-state index in [9.17, 15) is 14.0 Å². The highest BCUT2D eigenvalue weighted by Gasteiger charge is 2.30. The largest absolute Gasteiger partial charge is 0.497 e. The van der Waals surface area contributed by atoms with Crippen molar-refractivity contribution in [3.63, 3.8) is 0 Å². The molecule has 3 aromatic rings. The average Bonchev–Trinajstić information content (AvgIpc) is 3.42. The number of carbonyl (C=O) groups is 2. The van der Waals surface area contributed by atoms with Crippen LogP contribution in [0.15, 0.2) is 53.1 Å². The summed E-state index contributed by atoms with van der Waals surface area (Å²) in [5.41, 5.74) is 2.03. The van der Waals surface area contributed by atoms with Crippen molar-refractivity contribution in [3.05, 3.63) is 77.3 Å². The Hall–Kier alpha value is -3.92. The lowest BCUT2D eigenvalue weighted by Gasteiger charge is -2.30. The Labute approximate surface area is 227 Å². The van der Waals surface area contributed by atoms with Crippen molar-refractivity contribution >= 4 is 11.9 Å². The van der Waals surface area contributed by atoms with Gasteiger partial charge >= 0.3 is 5.97 Å². The molecule has 0 unspecified atom stereocenters. The second-order valence-corrected chi connectivity index (χ2v) is 9.39. The number of benzene rings is 2. The molecule has 0 radical (unpaired) electrons. The van der Waals surface area contributed by atoms with Crippen molar-refractivity contribution < 1.29 is 32.6 Å². The number of esters is 1. The van der Waals surface area contributed by atoms with Crippen molar-refractivity contribution in [2.24, 2.45) is 5.92 Å². The molecule has 4 rings (SSSR count). The minimum atomic E-state index is -0.304. The minimum absolute atomic E-state index is 0.185.